The van der Waals surface area contributed by atoms with Crippen molar-refractivity contribution in [3.8, 4) is 62.1 Å². The third-order valence-electron chi connectivity index (χ3n) is 13.9. The molecular formula is C63H36N4O3. The number of furan rings is 3. The van der Waals surface area contributed by atoms with Crippen LogP contribution >= 0.6 is 0 Å². The van der Waals surface area contributed by atoms with Crippen molar-refractivity contribution in [1.29, 1.82) is 0 Å². The van der Waals surface area contributed by atoms with E-state index in [1.807, 2.05) is 72.8 Å². The summed E-state index contributed by atoms with van der Waals surface area (Å²) in [4.78, 5) is 15.5. The van der Waals surface area contributed by atoms with Crippen LogP contribution < -0.4 is 0 Å². The first-order chi connectivity index (χ1) is 34.7. The van der Waals surface area contributed by atoms with Crippen LogP contribution in [0.3, 0.4) is 0 Å². The Kier molecular flexibility index (Phi) is 8.23. The molecule has 7 nitrogen and oxygen atoms in total. The Hall–Kier alpha value is -9.59. The number of nitrogens with zero attached hydrogens (tertiary/aromatic N) is 4. The topological polar surface area (TPSA) is 83.0 Å². The molecule has 5 heterocycles. The molecule has 326 valence electrons. The molecule has 0 amide bonds. The van der Waals surface area contributed by atoms with Crippen LogP contribution in [0.5, 0.6) is 0 Å². The lowest BCUT2D eigenvalue weighted by atomic mass is 9.96. The van der Waals surface area contributed by atoms with Gasteiger partial charge in [0, 0.05) is 59.9 Å². The maximum atomic E-state index is 6.83. The van der Waals surface area contributed by atoms with Crippen LogP contribution in [0.4, 0.5) is 0 Å². The smallest absolute Gasteiger partial charge is 0.167 e. The Balaban J connectivity index is 0.888. The molecule has 10 aromatic carbocycles. The van der Waals surface area contributed by atoms with Gasteiger partial charge in [0.15, 0.2) is 17.5 Å². The van der Waals surface area contributed by atoms with Crippen LogP contribution in [0.25, 0.3) is 150 Å². The second kappa shape index (κ2) is 15.0. The standard InChI is InChI=1S/C63H36N4O3/c1-3-15-37(16-4-1)61-64-62(50-25-14-24-48-44-20-8-11-27-53(44)69-59(48)50)66-63(65-61)51-34-33-41(57-49-21-9-12-28-54(49)70-60(51)57)38-29-31-45-46-32-30-39(36-56(46)68-55(45)35-38)42-22-13-23-47-43-19-7-10-26-52(43)67(58(42)47)40-17-5-2-6-18-40/h1-36H. The molecule has 15 aromatic rings. The van der Waals surface area contributed by atoms with E-state index in [0.717, 1.165) is 105 Å². The number of fused-ring (bicyclic) bond motifs is 12. The lowest BCUT2D eigenvalue weighted by Gasteiger charge is -2.11. The summed E-state index contributed by atoms with van der Waals surface area (Å²) < 4.78 is 22.5. The second-order valence-corrected chi connectivity index (χ2v) is 17.8. The summed E-state index contributed by atoms with van der Waals surface area (Å²) in [6, 6.07) is 75.6. The fourth-order valence-corrected chi connectivity index (χ4v) is 10.7. The Morgan fingerprint density at radius 2 is 0.829 bits per heavy atom. The number of aromatic nitrogens is 4. The largest absolute Gasteiger partial charge is 0.456 e. The zero-order chi connectivity index (χ0) is 45.9. The van der Waals surface area contributed by atoms with E-state index in [9.17, 15) is 0 Å². The summed E-state index contributed by atoms with van der Waals surface area (Å²) in [6.45, 7) is 0. The highest BCUT2D eigenvalue weighted by Gasteiger charge is 2.24. The van der Waals surface area contributed by atoms with Crippen molar-refractivity contribution in [3.05, 3.63) is 218 Å². The van der Waals surface area contributed by atoms with Crippen LogP contribution in [0.2, 0.25) is 0 Å². The fourth-order valence-electron chi connectivity index (χ4n) is 10.7. The van der Waals surface area contributed by atoms with Gasteiger partial charge in [0.1, 0.15) is 33.5 Å². The molecule has 0 aliphatic heterocycles. The van der Waals surface area contributed by atoms with Crippen molar-refractivity contribution in [2.24, 2.45) is 0 Å². The van der Waals surface area contributed by atoms with Crippen molar-refractivity contribution in [1.82, 2.24) is 19.5 Å². The van der Waals surface area contributed by atoms with Gasteiger partial charge in [0.2, 0.25) is 0 Å². The van der Waals surface area contributed by atoms with Crippen molar-refractivity contribution >= 4 is 87.6 Å². The summed E-state index contributed by atoms with van der Waals surface area (Å²) in [5, 5.41) is 8.56. The molecule has 0 saturated carbocycles. The van der Waals surface area contributed by atoms with Gasteiger partial charge in [-0.25, -0.2) is 15.0 Å². The number of rotatable bonds is 6. The minimum Gasteiger partial charge on any atom is -0.456 e. The van der Waals surface area contributed by atoms with Gasteiger partial charge < -0.3 is 17.8 Å². The van der Waals surface area contributed by atoms with Gasteiger partial charge in [-0.2, -0.15) is 0 Å². The van der Waals surface area contributed by atoms with Gasteiger partial charge in [0.05, 0.1) is 22.2 Å². The monoisotopic (exact) mass is 896 g/mol. The molecule has 0 aliphatic rings. The zero-order valence-electron chi connectivity index (χ0n) is 37.3. The molecule has 70 heavy (non-hydrogen) atoms. The fraction of sp³-hybridized carbons (Fsp3) is 0. The molecule has 0 fully saturated rings. The summed E-state index contributed by atoms with van der Waals surface area (Å²) in [5.74, 6) is 1.56. The Bertz CT molecular complexity index is 4600. The van der Waals surface area contributed by atoms with E-state index < -0.39 is 0 Å². The Morgan fingerprint density at radius 3 is 1.59 bits per heavy atom. The molecule has 0 atom stereocenters. The van der Waals surface area contributed by atoms with Gasteiger partial charge >= 0.3 is 0 Å². The number of hydrogen-bond acceptors (Lipinski definition) is 6. The van der Waals surface area contributed by atoms with Gasteiger partial charge in [-0.05, 0) is 83.4 Å². The average molecular weight is 897 g/mol. The highest BCUT2D eigenvalue weighted by Crippen LogP contribution is 2.45. The first-order valence-corrected chi connectivity index (χ1v) is 23.4. The first-order valence-electron chi connectivity index (χ1n) is 23.4. The summed E-state index contributed by atoms with van der Waals surface area (Å²) in [7, 11) is 0. The maximum absolute atomic E-state index is 6.83. The Labute approximate surface area is 399 Å². The van der Waals surface area contributed by atoms with E-state index in [2.05, 4.69) is 150 Å². The minimum atomic E-state index is 0.496. The molecule has 15 rings (SSSR count). The van der Waals surface area contributed by atoms with Gasteiger partial charge in [-0.3, -0.25) is 0 Å². The van der Waals surface area contributed by atoms with Gasteiger partial charge in [-0.15, -0.1) is 0 Å². The Morgan fingerprint density at radius 1 is 0.300 bits per heavy atom. The molecule has 0 saturated heterocycles. The third-order valence-corrected chi connectivity index (χ3v) is 13.9. The van der Waals surface area contributed by atoms with Crippen molar-refractivity contribution in [3.63, 3.8) is 0 Å². The second-order valence-electron chi connectivity index (χ2n) is 17.8. The number of hydrogen-bond donors (Lipinski definition) is 0. The van der Waals surface area contributed by atoms with Crippen LogP contribution in [-0.2, 0) is 0 Å². The number of para-hydroxylation sites is 6. The van der Waals surface area contributed by atoms with Gasteiger partial charge in [-0.1, -0.05) is 152 Å². The predicted octanol–water partition coefficient (Wildman–Crippen LogP) is 17.0. The first kappa shape index (κ1) is 38.5. The number of benzene rings is 10. The predicted molar refractivity (Wildman–Crippen MR) is 283 cm³/mol. The van der Waals surface area contributed by atoms with Crippen LogP contribution in [-0.4, -0.2) is 19.5 Å². The molecule has 7 heteroatoms. The summed E-state index contributed by atoms with van der Waals surface area (Å²) in [5.41, 5.74) is 14.8. The molecule has 0 radical (unpaired) electrons. The van der Waals surface area contributed by atoms with Crippen LogP contribution in [0, 0.1) is 0 Å². The van der Waals surface area contributed by atoms with E-state index in [1.165, 1.54) is 21.8 Å². The molecule has 0 bridgehead atoms. The molecule has 0 unspecified atom stereocenters. The lowest BCUT2D eigenvalue weighted by molar-refractivity contribution is 0.668. The SMILES string of the molecule is c1ccc(-c2nc(-c3cccc4c3oc3ccccc34)nc(-c3ccc(-c4ccc5c(c4)oc4cc(-c6cccc7c8ccccc8n(-c8ccccc8)c67)ccc45)c4c3oc3ccccc34)n2)cc1. The van der Waals surface area contributed by atoms with E-state index >= 15 is 0 Å². The summed E-state index contributed by atoms with van der Waals surface area (Å²) in [6.07, 6.45) is 0. The highest BCUT2D eigenvalue weighted by atomic mass is 16.3. The minimum absolute atomic E-state index is 0.496. The molecule has 0 aliphatic carbocycles. The maximum Gasteiger partial charge on any atom is 0.167 e. The molecule has 5 aromatic heterocycles. The van der Waals surface area contributed by atoms with Crippen molar-refractivity contribution in [2.45, 2.75) is 0 Å². The normalized spacial score (nSPS) is 12.0. The van der Waals surface area contributed by atoms with E-state index in [0.29, 0.717) is 23.1 Å². The highest BCUT2D eigenvalue weighted by molar-refractivity contribution is 6.18. The lowest BCUT2D eigenvalue weighted by Crippen LogP contribution is -2.00. The van der Waals surface area contributed by atoms with E-state index in [4.69, 9.17) is 28.2 Å². The van der Waals surface area contributed by atoms with Gasteiger partial charge in [0.25, 0.3) is 0 Å². The average Bonchev–Trinajstić information content (AvgIpc) is 4.20. The van der Waals surface area contributed by atoms with E-state index in [-0.39, 0.29) is 0 Å². The van der Waals surface area contributed by atoms with Crippen molar-refractivity contribution < 1.29 is 13.3 Å². The molecule has 0 N–H and O–H groups in total. The summed E-state index contributed by atoms with van der Waals surface area (Å²) >= 11 is 0. The zero-order valence-corrected chi connectivity index (χ0v) is 37.3. The van der Waals surface area contributed by atoms with Crippen LogP contribution in [0.15, 0.2) is 232 Å². The molecular weight excluding hydrogens is 861 g/mol. The van der Waals surface area contributed by atoms with Crippen LogP contribution in [0.1, 0.15) is 0 Å². The third kappa shape index (κ3) is 5.79. The quantitative estimate of drug-likeness (QED) is 0.165. The molecule has 0 spiro atoms. The van der Waals surface area contributed by atoms with Crippen molar-refractivity contribution in [2.75, 3.05) is 0 Å². The van der Waals surface area contributed by atoms with E-state index in [1.54, 1.807) is 0 Å².